The van der Waals surface area contributed by atoms with E-state index in [-0.39, 0.29) is 48.5 Å². The SMILES string of the molecule is Cc1noc(C)c1NC(=O)N(C)C[C@@H]1Oc2ccc(NS(=O)(=O)c3ccc(Cl)cc3)cc2CC(=O)N([C@H](C)CO)C[C@H]1C. The van der Waals surface area contributed by atoms with Gasteiger partial charge in [-0.25, -0.2) is 13.2 Å². The van der Waals surface area contributed by atoms with Crippen molar-refractivity contribution in [2.45, 2.75) is 51.2 Å². The van der Waals surface area contributed by atoms with Crippen LogP contribution in [-0.2, 0) is 21.2 Å². The highest BCUT2D eigenvalue weighted by atomic mass is 35.5. The van der Waals surface area contributed by atoms with E-state index in [0.717, 1.165) is 0 Å². The lowest BCUT2D eigenvalue weighted by Crippen LogP contribution is -2.48. The van der Waals surface area contributed by atoms with Gasteiger partial charge in [-0.2, -0.15) is 0 Å². The van der Waals surface area contributed by atoms with Gasteiger partial charge in [-0.05, 0) is 63.2 Å². The van der Waals surface area contributed by atoms with Crippen LogP contribution in [0.15, 0.2) is 51.9 Å². The molecule has 3 aromatic rings. The monoisotopic (exact) mass is 633 g/mol. The Kier molecular flexibility index (Phi) is 9.88. The van der Waals surface area contributed by atoms with Crippen LogP contribution in [0.4, 0.5) is 16.2 Å². The van der Waals surface area contributed by atoms with Crippen LogP contribution < -0.4 is 14.8 Å². The number of carbonyl (C=O) groups is 2. The van der Waals surface area contributed by atoms with Gasteiger partial charge >= 0.3 is 6.03 Å². The highest BCUT2D eigenvalue weighted by Crippen LogP contribution is 2.30. The summed E-state index contributed by atoms with van der Waals surface area (Å²) in [6, 6.07) is 9.62. The number of hydrogen-bond acceptors (Lipinski definition) is 8. The number of likely N-dealkylation sites (N-methyl/N-ethyl adjacent to an activating group) is 1. The molecule has 4 rings (SSSR count). The summed E-state index contributed by atoms with van der Waals surface area (Å²) >= 11 is 5.90. The zero-order valence-electron chi connectivity index (χ0n) is 24.6. The number of aryl methyl sites for hydroxylation is 2. The van der Waals surface area contributed by atoms with Gasteiger partial charge in [-0.3, -0.25) is 9.52 Å². The molecule has 43 heavy (non-hydrogen) atoms. The summed E-state index contributed by atoms with van der Waals surface area (Å²) in [5.41, 5.74) is 1.74. The minimum atomic E-state index is -3.93. The topological polar surface area (TPSA) is 154 Å². The molecule has 0 spiro atoms. The predicted octanol–water partition coefficient (Wildman–Crippen LogP) is 4.06. The molecule has 3 amide bonds. The molecule has 0 fully saturated rings. The first kappa shape index (κ1) is 32.1. The van der Waals surface area contributed by atoms with Crippen molar-refractivity contribution < 1.29 is 32.4 Å². The molecule has 2 aromatic carbocycles. The van der Waals surface area contributed by atoms with E-state index in [1.165, 1.54) is 29.2 Å². The smallest absolute Gasteiger partial charge is 0.321 e. The predicted molar refractivity (Wildman–Crippen MR) is 162 cm³/mol. The zero-order valence-corrected chi connectivity index (χ0v) is 26.2. The molecule has 0 saturated heterocycles. The van der Waals surface area contributed by atoms with Crippen LogP contribution in [0.5, 0.6) is 5.75 Å². The van der Waals surface area contributed by atoms with E-state index in [1.807, 2.05) is 6.92 Å². The fourth-order valence-corrected chi connectivity index (χ4v) is 5.93. The van der Waals surface area contributed by atoms with Gasteiger partial charge in [0.2, 0.25) is 5.91 Å². The Hall–Kier alpha value is -3.81. The van der Waals surface area contributed by atoms with Gasteiger partial charge in [0.15, 0.2) is 5.76 Å². The van der Waals surface area contributed by atoms with Gasteiger partial charge < -0.3 is 29.5 Å². The molecule has 0 saturated carbocycles. The van der Waals surface area contributed by atoms with Gasteiger partial charge in [0, 0.05) is 35.8 Å². The summed E-state index contributed by atoms with van der Waals surface area (Å²) in [4.78, 5) is 29.6. The summed E-state index contributed by atoms with van der Waals surface area (Å²) in [7, 11) is -2.30. The molecule has 0 radical (unpaired) electrons. The standard InChI is InChI=1S/C29H36ClN5O7S/c1-17-14-35(18(2)16-36)27(37)13-21-12-23(33-43(39,40)24-9-6-22(30)7-10-24)8-11-25(21)41-26(17)15-34(5)29(38)31-28-19(3)32-42-20(28)4/h6-12,17-18,26,33,36H,13-16H2,1-5H3,(H,31,38)/t17-,18-,26+/m1/s1. The number of carbonyl (C=O) groups excluding carboxylic acids is 2. The number of halogens is 1. The number of urea groups is 1. The Morgan fingerprint density at radius 3 is 2.56 bits per heavy atom. The van der Waals surface area contributed by atoms with E-state index >= 15 is 0 Å². The van der Waals surface area contributed by atoms with Crippen molar-refractivity contribution in [2.75, 3.05) is 36.8 Å². The van der Waals surface area contributed by atoms with Crippen LogP contribution in [-0.4, -0.2) is 79.3 Å². The fraction of sp³-hybridized carbons (Fsp3) is 0.414. The molecule has 0 bridgehead atoms. The lowest BCUT2D eigenvalue weighted by atomic mass is 10.0. The number of aliphatic hydroxyl groups is 1. The second-order valence-corrected chi connectivity index (χ2v) is 12.9. The van der Waals surface area contributed by atoms with Gasteiger partial charge in [-0.1, -0.05) is 23.7 Å². The average molecular weight is 634 g/mol. The molecule has 0 unspecified atom stereocenters. The first-order valence-corrected chi connectivity index (χ1v) is 15.6. The Morgan fingerprint density at radius 2 is 1.93 bits per heavy atom. The lowest BCUT2D eigenvalue weighted by Gasteiger charge is -2.34. The lowest BCUT2D eigenvalue weighted by molar-refractivity contribution is -0.134. The maximum absolute atomic E-state index is 13.5. The van der Waals surface area contributed by atoms with Crippen molar-refractivity contribution in [3.8, 4) is 5.75 Å². The van der Waals surface area contributed by atoms with Crippen molar-refractivity contribution >= 4 is 44.9 Å². The van der Waals surface area contributed by atoms with Crippen LogP contribution in [0, 0.1) is 19.8 Å². The minimum Gasteiger partial charge on any atom is -0.488 e. The highest BCUT2D eigenvalue weighted by molar-refractivity contribution is 7.92. The molecule has 3 N–H and O–H groups in total. The largest absolute Gasteiger partial charge is 0.488 e. The van der Waals surface area contributed by atoms with Crippen molar-refractivity contribution in [2.24, 2.45) is 5.92 Å². The van der Waals surface area contributed by atoms with Crippen molar-refractivity contribution in [3.05, 3.63) is 64.5 Å². The van der Waals surface area contributed by atoms with E-state index in [0.29, 0.717) is 33.5 Å². The van der Waals surface area contributed by atoms with Crippen molar-refractivity contribution in [3.63, 3.8) is 0 Å². The summed E-state index contributed by atoms with van der Waals surface area (Å²) in [5, 5.41) is 17.0. The minimum absolute atomic E-state index is 0.0301. The first-order chi connectivity index (χ1) is 20.3. The van der Waals surface area contributed by atoms with E-state index in [1.54, 1.807) is 50.9 Å². The molecular weight excluding hydrogens is 598 g/mol. The van der Waals surface area contributed by atoms with E-state index in [2.05, 4.69) is 15.2 Å². The number of hydrogen-bond donors (Lipinski definition) is 3. The van der Waals surface area contributed by atoms with E-state index < -0.39 is 28.2 Å². The average Bonchev–Trinajstić information content (AvgIpc) is 3.29. The summed E-state index contributed by atoms with van der Waals surface area (Å²) < 4.78 is 40.1. The maximum Gasteiger partial charge on any atom is 0.321 e. The van der Waals surface area contributed by atoms with Gasteiger partial charge in [0.25, 0.3) is 10.0 Å². The number of fused-ring (bicyclic) bond motifs is 1. The Balaban J connectivity index is 1.62. The highest BCUT2D eigenvalue weighted by Gasteiger charge is 2.32. The molecule has 14 heteroatoms. The number of nitrogens with zero attached hydrogens (tertiary/aromatic N) is 3. The van der Waals surface area contributed by atoms with Gasteiger partial charge in [-0.15, -0.1) is 0 Å². The molecule has 12 nitrogen and oxygen atoms in total. The second-order valence-electron chi connectivity index (χ2n) is 10.8. The van der Waals surface area contributed by atoms with Crippen LogP contribution in [0.3, 0.4) is 0 Å². The number of benzene rings is 2. The summed E-state index contributed by atoms with van der Waals surface area (Å²) in [6.07, 6.45) is -0.645. The third-order valence-corrected chi connectivity index (χ3v) is 9.01. The molecule has 2 heterocycles. The number of aromatic nitrogens is 1. The quantitative estimate of drug-likeness (QED) is 0.336. The number of rotatable bonds is 8. The summed E-state index contributed by atoms with van der Waals surface area (Å²) in [5.74, 6) is 0.370. The molecule has 1 aliphatic heterocycles. The molecule has 3 atom stereocenters. The molecule has 1 aliphatic rings. The molecule has 1 aromatic heterocycles. The Labute approximate surface area is 256 Å². The van der Waals surface area contributed by atoms with Crippen LogP contribution in [0.25, 0.3) is 0 Å². The molecular formula is C29H36ClN5O7S. The maximum atomic E-state index is 13.5. The van der Waals surface area contributed by atoms with Crippen LogP contribution >= 0.6 is 11.6 Å². The van der Waals surface area contributed by atoms with Gasteiger partial charge in [0.1, 0.15) is 23.2 Å². The Bertz CT molecular complexity index is 1560. The fourth-order valence-electron chi connectivity index (χ4n) is 4.76. The van der Waals surface area contributed by atoms with Crippen molar-refractivity contribution in [1.82, 2.24) is 15.0 Å². The first-order valence-electron chi connectivity index (χ1n) is 13.7. The third kappa shape index (κ3) is 7.59. The Morgan fingerprint density at radius 1 is 1.23 bits per heavy atom. The van der Waals surface area contributed by atoms with E-state index in [4.69, 9.17) is 20.9 Å². The summed E-state index contributed by atoms with van der Waals surface area (Å²) in [6.45, 7) is 7.29. The number of nitrogens with one attached hydrogen (secondary N) is 2. The molecule has 0 aliphatic carbocycles. The van der Waals surface area contributed by atoms with Crippen LogP contribution in [0.2, 0.25) is 5.02 Å². The normalized spacial score (nSPS) is 18.0. The van der Waals surface area contributed by atoms with E-state index in [9.17, 15) is 23.1 Å². The second kappa shape index (κ2) is 13.2. The van der Waals surface area contributed by atoms with Gasteiger partial charge in [0.05, 0.1) is 30.5 Å². The number of amides is 3. The number of ether oxygens (including phenoxy) is 1. The third-order valence-electron chi connectivity index (χ3n) is 7.36. The number of aliphatic hydroxyl groups excluding tert-OH is 1. The van der Waals surface area contributed by atoms with Crippen LogP contribution in [0.1, 0.15) is 30.9 Å². The molecule has 232 valence electrons. The zero-order chi connectivity index (χ0) is 31.5. The van der Waals surface area contributed by atoms with Crippen molar-refractivity contribution in [1.29, 1.82) is 0 Å². The number of anilines is 2. The number of sulfonamides is 1.